The van der Waals surface area contributed by atoms with Crippen LogP contribution in [0.4, 0.5) is 0 Å². The van der Waals surface area contributed by atoms with E-state index in [4.69, 9.17) is 0 Å². The number of hydrogen-bond acceptors (Lipinski definition) is 3. The van der Waals surface area contributed by atoms with Crippen molar-refractivity contribution in [3.63, 3.8) is 0 Å². The summed E-state index contributed by atoms with van der Waals surface area (Å²) in [6.07, 6.45) is 3.06. The van der Waals surface area contributed by atoms with Crippen LogP contribution in [0.25, 0.3) is 0 Å². The van der Waals surface area contributed by atoms with Gasteiger partial charge in [0.2, 0.25) is 10.0 Å². The molecule has 1 aliphatic rings. The van der Waals surface area contributed by atoms with Crippen LogP contribution in [0.5, 0.6) is 0 Å². The highest BCUT2D eigenvalue weighted by Crippen LogP contribution is 2.29. The maximum Gasteiger partial charge on any atom is 0.215 e. The highest BCUT2D eigenvalue weighted by atomic mass is 32.2. The first-order chi connectivity index (χ1) is 8.36. The van der Waals surface area contributed by atoms with E-state index in [0.717, 1.165) is 25.8 Å². The summed E-state index contributed by atoms with van der Waals surface area (Å²) in [5, 5.41) is 2.72. The molecule has 0 aliphatic heterocycles. The average molecular weight is 276 g/mol. The van der Waals surface area contributed by atoms with Gasteiger partial charge in [0.15, 0.2) is 0 Å². The molecule has 18 heavy (non-hydrogen) atoms. The molecule has 0 heterocycles. The van der Waals surface area contributed by atoms with Crippen molar-refractivity contribution in [1.29, 1.82) is 0 Å². The van der Waals surface area contributed by atoms with Crippen molar-refractivity contribution in [2.45, 2.75) is 58.2 Å². The Morgan fingerprint density at radius 3 is 2.44 bits per heavy atom. The lowest BCUT2D eigenvalue weighted by Crippen LogP contribution is -2.45. The predicted molar refractivity (Wildman–Crippen MR) is 76.0 cm³/mol. The van der Waals surface area contributed by atoms with Crippen molar-refractivity contribution in [2.75, 3.05) is 13.1 Å². The molecule has 5 heteroatoms. The zero-order valence-corrected chi connectivity index (χ0v) is 12.9. The van der Waals surface area contributed by atoms with Gasteiger partial charge in [-0.2, -0.15) is 0 Å². The molecule has 0 aromatic heterocycles. The summed E-state index contributed by atoms with van der Waals surface area (Å²) >= 11 is 0. The molecule has 0 aromatic rings. The van der Waals surface area contributed by atoms with Gasteiger partial charge in [-0.05, 0) is 44.6 Å². The quantitative estimate of drug-likeness (QED) is 0.777. The second kappa shape index (κ2) is 6.87. The first-order valence-electron chi connectivity index (χ1n) is 7.08. The molecule has 4 atom stereocenters. The molecule has 1 rings (SSSR count). The number of nitrogens with one attached hydrogen (secondary N) is 2. The van der Waals surface area contributed by atoms with Crippen LogP contribution in [0.2, 0.25) is 0 Å². The van der Waals surface area contributed by atoms with Crippen molar-refractivity contribution in [3.8, 4) is 0 Å². The van der Waals surface area contributed by atoms with Crippen molar-refractivity contribution < 1.29 is 8.42 Å². The van der Waals surface area contributed by atoms with Gasteiger partial charge in [-0.15, -0.1) is 0 Å². The van der Waals surface area contributed by atoms with Gasteiger partial charge in [-0.3, -0.25) is 0 Å². The standard InChI is InChI=1S/C13H28N2O2S/c1-5-14-9-12(4)18(16,17)15-13-7-6-10(2)11(3)8-13/h10-15H,5-9H2,1-4H3. The zero-order valence-electron chi connectivity index (χ0n) is 12.1. The summed E-state index contributed by atoms with van der Waals surface area (Å²) in [4.78, 5) is 0. The number of hydrogen-bond donors (Lipinski definition) is 2. The van der Waals surface area contributed by atoms with E-state index in [9.17, 15) is 8.42 Å². The Labute approximate surface area is 112 Å². The van der Waals surface area contributed by atoms with Crippen molar-refractivity contribution >= 4 is 10.0 Å². The monoisotopic (exact) mass is 276 g/mol. The fourth-order valence-electron chi connectivity index (χ4n) is 2.46. The molecule has 0 bridgehead atoms. The number of rotatable bonds is 6. The fraction of sp³-hybridized carbons (Fsp3) is 1.00. The maximum absolute atomic E-state index is 12.1. The summed E-state index contributed by atoms with van der Waals surface area (Å²) in [7, 11) is -3.19. The predicted octanol–water partition coefficient (Wildman–Crippen LogP) is 1.73. The molecule has 4 unspecified atom stereocenters. The SMILES string of the molecule is CCNCC(C)S(=O)(=O)NC1CCC(C)C(C)C1. The van der Waals surface area contributed by atoms with Crippen LogP contribution in [0.1, 0.15) is 47.0 Å². The molecule has 0 saturated heterocycles. The summed E-state index contributed by atoms with van der Waals surface area (Å²) in [6, 6.07) is 0.130. The van der Waals surface area contributed by atoms with Crippen LogP contribution in [-0.2, 0) is 10.0 Å². The van der Waals surface area contributed by atoms with Gasteiger partial charge >= 0.3 is 0 Å². The second-order valence-corrected chi connectivity index (χ2v) is 7.88. The molecule has 108 valence electrons. The molecule has 1 fully saturated rings. The fourth-order valence-corrected chi connectivity index (χ4v) is 3.71. The summed E-state index contributed by atoms with van der Waals surface area (Å²) in [5.74, 6) is 1.32. The lowest BCUT2D eigenvalue weighted by molar-refractivity contribution is 0.241. The molecule has 0 amide bonds. The Kier molecular flexibility index (Phi) is 6.08. The number of sulfonamides is 1. The van der Waals surface area contributed by atoms with Gasteiger partial charge in [-0.25, -0.2) is 13.1 Å². The normalized spacial score (nSPS) is 31.2. The minimum atomic E-state index is -3.19. The molecule has 0 radical (unpaired) electrons. The minimum absolute atomic E-state index is 0.130. The largest absolute Gasteiger partial charge is 0.316 e. The van der Waals surface area contributed by atoms with Gasteiger partial charge in [0.25, 0.3) is 0 Å². The third-order valence-corrected chi connectivity index (χ3v) is 6.03. The van der Waals surface area contributed by atoms with Crippen molar-refractivity contribution in [3.05, 3.63) is 0 Å². The van der Waals surface area contributed by atoms with Crippen LogP contribution in [0.3, 0.4) is 0 Å². The zero-order chi connectivity index (χ0) is 13.8. The molecule has 4 nitrogen and oxygen atoms in total. The van der Waals surface area contributed by atoms with Gasteiger partial charge < -0.3 is 5.32 Å². The van der Waals surface area contributed by atoms with E-state index in [-0.39, 0.29) is 11.3 Å². The molecule has 1 saturated carbocycles. The van der Waals surface area contributed by atoms with Gasteiger partial charge in [0, 0.05) is 12.6 Å². The Hall–Kier alpha value is -0.130. The summed E-state index contributed by atoms with van der Waals surface area (Å²) in [6.45, 7) is 9.54. The van der Waals surface area contributed by atoms with Crippen molar-refractivity contribution in [2.24, 2.45) is 11.8 Å². The van der Waals surface area contributed by atoms with E-state index in [1.54, 1.807) is 6.92 Å². The van der Waals surface area contributed by atoms with Crippen LogP contribution < -0.4 is 10.0 Å². The topological polar surface area (TPSA) is 58.2 Å². The Bertz CT molecular complexity index is 343. The van der Waals surface area contributed by atoms with Gasteiger partial charge in [0.05, 0.1) is 5.25 Å². The van der Waals surface area contributed by atoms with E-state index >= 15 is 0 Å². The maximum atomic E-state index is 12.1. The molecular weight excluding hydrogens is 248 g/mol. The Morgan fingerprint density at radius 2 is 1.89 bits per heavy atom. The Balaban J connectivity index is 2.50. The van der Waals surface area contributed by atoms with Gasteiger partial charge in [-0.1, -0.05) is 20.8 Å². The summed E-state index contributed by atoms with van der Waals surface area (Å²) < 4.78 is 27.2. The molecular formula is C13H28N2O2S. The van der Waals surface area contributed by atoms with Crippen molar-refractivity contribution in [1.82, 2.24) is 10.0 Å². The van der Waals surface area contributed by atoms with E-state index in [2.05, 4.69) is 23.9 Å². The first kappa shape index (κ1) is 15.9. The van der Waals surface area contributed by atoms with Crippen LogP contribution >= 0.6 is 0 Å². The molecule has 0 spiro atoms. The van der Waals surface area contributed by atoms with Crippen LogP contribution in [0, 0.1) is 11.8 Å². The van der Waals surface area contributed by atoms with Crippen LogP contribution in [0.15, 0.2) is 0 Å². The van der Waals surface area contributed by atoms with E-state index in [0.29, 0.717) is 18.4 Å². The third-order valence-electron chi connectivity index (χ3n) is 4.14. The smallest absolute Gasteiger partial charge is 0.215 e. The second-order valence-electron chi connectivity index (χ2n) is 5.75. The van der Waals surface area contributed by atoms with Gasteiger partial charge in [0.1, 0.15) is 0 Å². The van der Waals surface area contributed by atoms with E-state index < -0.39 is 10.0 Å². The lowest BCUT2D eigenvalue weighted by Gasteiger charge is -2.33. The Morgan fingerprint density at radius 1 is 1.22 bits per heavy atom. The summed E-state index contributed by atoms with van der Waals surface area (Å²) in [5.41, 5.74) is 0. The highest BCUT2D eigenvalue weighted by Gasteiger charge is 2.29. The highest BCUT2D eigenvalue weighted by molar-refractivity contribution is 7.90. The lowest BCUT2D eigenvalue weighted by atomic mass is 9.79. The first-order valence-corrected chi connectivity index (χ1v) is 8.63. The molecule has 0 aromatic carbocycles. The van der Waals surface area contributed by atoms with E-state index in [1.807, 2.05) is 6.92 Å². The average Bonchev–Trinajstić information content (AvgIpc) is 2.30. The van der Waals surface area contributed by atoms with E-state index in [1.165, 1.54) is 0 Å². The minimum Gasteiger partial charge on any atom is -0.316 e. The molecule has 1 aliphatic carbocycles. The third kappa shape index (κ3) is 4.52. The van der Waals surface area contributed by atoms with Crippen LogP contribution in [-0.4, -0.2) is 32.8 Å². The molecule has 2 N–H and O–H groups in total.